The first-order chi connectivity index (χ1) is 13.4. The maximum atomic E-state index is 13.3. The second-order valence-electron chi connectivity index (χ2n) is 5.61. The van der Waals surface area contributed by atoms with Gasteiger partial charge in [-0.05, 0) is 17.7 Å². The Morgan fingerprint density at radius 2 is 1.89 bits per heavy atom. The van der Waals surface area contributed by atoms with Gasteiger partial charge in [-0.2, -0.15) is 5.10 Å². The van der Waals surface area contributed by atoms with Gasteiger partial charge in [0.25, 0.3) is 11.5 Å². The number of rotatable bonds is 5. The Morgan fingerprint density at radius 3 is 2.57 bits per heavy atom. The molecule has 142 valence electrons. The molecule has 3 heterocycles. The van der Waals surface area contributed by atoms with Crippen LogP contribution in [0.5, 0.6) is 0 Å². The van der Waals surface area contributed by atoms with E-state index in [-0.39, 0.29) is 28.4 Å². The van der Waals surface area contributed by atoms with Crippen LogP contribution in [-0.4, -0.2) is 31.4 Å². The summed E-state index contributed by atoms with van der Waals surface area (Å²) in [5.41, 5.74) is 0.943. The molecule has 1 amide bonds. The fraction of sp³-hybridized carbons (Fsp3) is 0.0588. The highest BCUT2D eigenvalue weighted by atomic mass is 35.5. The first kappa shape index (κ1) is 19.3. The van der Waals surface area contributed by atoms with Crippen LogP contribution >= 0.6 is 11.6 Å². The van der Waals surface area contributed by atoms with E-state index in [0.29, 0.717) is 5.56 Å². The predicted octanol–water partition coefficient (Wildman–Crippen LogP) is 0.709. The zero-order valence-electron chi connectivity index (χ0n) is 14.1. The molecule has 0 saturated heterocycles. The molecular formula is C17H12ClFN6O3. The Morgan fingerprint density at radius 1 is 1.14 bits per heavy atom. The summed E-state index contributed by atoms with van der Waals surface area (Å²) in [4.78, 5) is 44.8. The van der Waals surface area contributed by atoms with Gasteiger partial charge in [-0.1, -0.05) is 11.6 Å². The Kier molecular flexibility index (Phi) is 5.52. The lowest BCUT2D eigenvalue weighted by atomic mass is 10.0. The van der Waals surface area contributed by atoms with Crippen molar-refractivity contribution in [3.05, 3.63) is 86.6 Å². The molecule has 0 radical (unpaired) electrons. The molecular weight excluding hydrogens is 391 g/mol. The van der Waals surface area contributed by atoms with Crippen molar-refractivity contribution in [2.24, 2.45) is 5.84 Å². The number of carbonyl (C=O) groups excluding carboxylic acids is 2. The number of hydrogen-bond acceptors (Lipinski definition) is 7. The molecule has 0 spiro atoms. The van der Waals surface area contributed by atoms with E-state index < -0.39 is 23.1 Å². The number of hydrogen-bond donors (Lipinski definition) is 2. The zero-order valence-corrected chi connectivity index (χ0v) is 14.9. The Balaban J connectivity index is 2.08. The quantitative estimate of drug-likeness (QED) is 0.278. The maximum absolute atomic E-state index is 13.3. The van der Waals surface area contributed by atoms with E-state index in [4.69, 9.17) is 17.4 Å². The van der Waals surface area contributed by atoms with Crippen molar-refractivity contribution in [2.45, 2.75) is 6.54 Å². The summed E-state index contributed by atoms with van der Waals surface area (Å²) in [6.45, 7) is -0.165. The summed E-state index contributed by atoms with van der Waals surface area (Å²) < 4.78 is 14.2. The minimum atomic E-state index is -0.885. The smallest absolute Gasteiger partial charge is 0.286 e. The summed E-state index contributed by atoms with van der Waals surface area (Å²) in [5.74, 6) is 3.01. The number of carbonyl (C=O) groups is 2. The number of pyridine rings is 2. The molecule has 28 heavy (non-hydrogen) atoms. The van der Waals surface area contributed by atoms with Gasteiger partial charge in [-0.3, -0.25) is 29.8 Å². The molecule has 11 heteroatoms. The molecule has 0 aromatic carbocycles. The molecule has 0 saturated carbocycles. The lowest BCUT2D eigenvalue weighted by Crippen LogP contribution is -2.36. The molecule has 0 aliphatic heterocycles. The van der Waals surface area contributed by atoms with Gasteiger partial charge in [0, 0.05) is 30.2 Å². The Labute approximate surface area is 162 Å². The van der Waals surface area contributed by atoms with Crippen LogP contribution in [0.2, 0.25) is 5.02 Å². The number of ketones is 1. The van der Waals surface area contributed by atoms with Crippen molar-refractivity contribution in [2.75, 3.05) is 0 Å². The van der Waals surface area contributed by atoms with E-state index in [1.165, 1.54) is 30.7 Å². The van der Waals surface area contributed by atoms with Crippen LogP contribution in [0.3, 0.4) is 0 Å². The van der Waals surface area contributed by atoms with E-state index in [1.54, 1.807) is 0 Å². The third-order valence-electron chi connectivity index (χ3n) is 3.65. The zero-order chi connectivity index (χ0) is 20.3. The number of amides is 1. The van der Waals surface area contributed by atoms with Crippen molar-refractivity contribution in [1.29, 1.82) is 0 Å². The highest BCUT2D eigenvalue weighted by Crippen LogP contribution is 2.15. The van der Waals surface area contributed by atoms with E-state index >= 15 is 0 Å². The summed E-state index contributed by atoms with van der Waals surface area (Å²) in [7, 11) is 0. The van der Waals surface area contributed by atoms with Crippen molar-refractivity contribution in [3.63, 3.8) is 0 Å². The third kappa shape index (κ3) is 4.08. The van der Waals surface area contributed by atoms with E-state index in [1.807, 2.05) is 5.43 Å². The molecule has 9 nitrogen and oxygen atoms in total. The van der Waals surface area contributed by atoms with Crippen LogP contribution in [0.1, 0.15) is 32.0 Å². The van der Waals surface area contributed by atoms with Crippen molar-refractivity contribution in [3.8, 4) is 0 Å². The third-order valence-corrected chi connectivity index (χ3v) is 3.86. The van der Waals surface area contributed by atoms with Gasteiger partial charge in [0.1, 0.15) is 5.82 Å². The highest BCUT2D eigenvalue weighted by molar-refractivity contribution is 6.31. The van der Waals surface area contributed by atoms with E-state index in [2.05, 4.69) is 15.1 Å². The van der Waals surface area contributed by atoms with Crippen LogP contribution in [-0.2, 0) is 6.54 Å². The van der Waals surface area contributed by atoms with E-state index in [9.17, 15) is 18.8 Å². The fourth-order valence-electron chi connectivity index (χ4n) is 2.42. The number of nitrogens with zero attached hydrogens (tertiary/aromatic N) is 4. The van der Waals surface area contributed by atoms with Crippen LogP contribution < -0.4 is 16.8 Å². The molecule has 3 N–H and O–H groups in total. The normalized spacial score (nSPS) is 10.5. The molecule has 0 bridgehead atoms. The number of nitrogen functional groups attached to an aromatic ring is 1. The summed E-state index contributed by atoms with van der Waals surface area (Å²) >= 11 is 5.83. The number of hydrazine groups is 1. The SMILES string of the molecule is NNC(=O)c1nn(Cc2cncc(F)c2)c(=O)cc1C(=O)c1cncc(Cl)c1. The summed E-state index contributed by atoms with van der Waals surface area (Å²) in [6.07, 6.45) is 4.92. The average Bonchev–Trinajstić information content (AvgIpc) is 2.68. The molecule has 3 aromatic rings. The molecule has 0 aliphatic carbocycles. The van der Waals surface area contributed by atoms with Crippen molar-refractivity contribution < 1.29 is 14.0 Å². The van der Waals surface area contributed by atoms with Crippen LogP contribution in [0, 0.1) is 5.82 Å². The first-order valence-corrected chi connectivity index (χ1v) is 8.14. The topological polar surface area (TPSA) is 133 Å². The largest absolute Gasteiger partial charge is 0.289 e. The molecule has 3 aromatic heterocycles. The monoisotopic (exact) mass is 402 g/mol. The lowest BCUT2D eigenvalue weighted by Gasteiger charge is -2.11. The van der Waals surface area contributed by atoms with Crippen LogP contribution in [0.15, 0.2) is 47.8 Å². The molecule has 0 fully saturated rings. The van der Waals surface area contributed by atoms with Gasteiger partial charge in [0.15, 0.2) is 11.5 Å². The minimum Gasteiger partial charge on any atom is -0.289 e. The minimum absolute atomic E-state index is 0.0619. The van der Waals surface area contributed by atoms with Gasteiger partial charge >= 0.3 is 0 Å². The fourth-order valence-corrected chi connectivity index (χ4v) is 2.59. The predicted molar refractivity (Wildman–Crippen MR) is 96.1 cm³/mol. The first-order valence-electron chi connectivity index (χ1n) is 7.77. The Bertz CT molecular complexity index is 1130. The lowest BCUT2D eigenvalue weighted by molar-refractivity contribution is 0.0934. The van der Waals surface area contributed by atoms with Crippen LogP contribution in [0.25, 0.3) is 0 Å². The highest BCUT2D eigenvalue weighted by Gasteiger charge is 2.22. The standard InChI is InChI=1S/C17H12ClFN6O3/c18-11-2-10(5-22-6-11)16(27)13-3-14(26)25(24-15(13)17(28)23-20)8-9-1-12(19)7-21-4-9/h1-7H,8,20H2,(H,23,28). The maximum Gasteiger partial charge on any atom is 0.286 e. The number of aromatic nitrogens is 4. The number of halogens is 2. The van der Waals surface area contributed by atoms with Crippen LogP contribution in [0.4, 0.5) is 4.39 Å². The summed E-state index contributed by atoms with van der Waals surface area (Å²) in [5, 5.41) is 4.13. The Hall–Kier alpha value is -3.50. The molecule has 0 aliphatic rings. The number of nitrogens with two attached hydrogens (primary N) is 1. The number of nitrogens with one attached hydrogen (secondary N) is 1. The van der Waals surface area contributed by atoms with Crippen molar-refractivity contribution in [1.82, 2.24) is 25.2 Å². The molecule has 3 rings (SSSR count). The molecule has 0 unspecified atom stereocenters. The van der Waals surface area contributed by atoms with E-state index in [0.717, 1.165) is 16.9 Å². The van der Waals surface area contributed by atoms with Gasteiger partial charge < -0.3 is 0 Å². The van der Waals surface area contributed by atoms with Crippen molar-refractivity contribution >= 4 is 23.3 Å². The molecule has 0 atom stereocenters. The second-order valence-corrected chi connectivity index (χ2v) is 6.04. The van der Waals surface area contributed by atoms with Gasteiger partial charge in [0.05, 0.1) is 23.3 Å². The second kappa shape index (κ2) is 8.03. The van der Waals surface area contributed by atoms with Gasteiger partial charge in [0.2, 0.25) is 0 Å². The van der Waals surface area contributed by atoms with Gasteiger partial charge in [-0.15, -0.1) is 0 Å². The van der Waals surface area contributed by atoms with Gasteiger partial charge in [-0.25, -0.2) is 14.9 Å². The average molecular weight is 403 g/mol. The summed E-state index contributed by atoms with van der Waals surface area (Å²) in [6, 6.07) is 3.46.